The van der Waals surface area contributed by atoms with Gasteiger partial charge in [0.15, 0.2) is 5.82 Å². The molecule has 1 aromatic heterocycles. The van der Waals surface area contributed by atoms with Crippen LogP contribution in [-0.2, 0) is 4.79 Å². The molecule has 5 rings (SSSR count). The molecule has 0 saturated carbocycles. The van der Waals surface area contributed by atoms with Crippen molar-refractivity contribution in [3.63, 3.8) is 0 Å². The molecule has 1 aliphatic heterocycles. The van der Waals surface area contributed by atoms with Crippen molar-refractivity contribution in [2.75, 3.05) is 9.91 Å². The van der Waals surface area contributed by atoms with Gasteiger partial charge >= 0.3 is 0 Å². The zero-order valence-electron chi connectivity index (χ0n) is 19.6. The number of para-hydroxylation sites is 1. The highest BCUT2D eigenvalue weighted by Gasteiger charge is 2.43. The highest BCUT2D eigenvalue weighted by atomic mass is 16.2. The molecule has 7 heteroatoms. The topological polar surface area (TPSA) is 87.4 Å². The van der Waals surface area contributed by atoms with Crippen LogP contribution in [0.25, 0.3) is 6.08 Å². The summed E-state index contributed by atoms with van der Waals surface area (Å²) in [6.45, 7) is 5.93. The van der Waals surface area contributed by atoms with Gasteiger partial charge in [-0.05, 0) is 37.5 Å². The molecular formula is C28H28N6O. The number of aromatic nitrogens is 2. The van der Waals surface area contributed by atoms with Crippen LogP contribution >= 0.6 is 0 Å². The van der Waals surface area contributed by atoms with Gasteiger partial charge in [-0.25, -0.2) is 15.8 Å². The first-order chi connectivity index (χ1) is 17.1. The summed E-state index contributed by atoms with van der Waals surface area (Å²) < 4.78 is 0. The second kappa shape index (κ2) is 9.56. The number of amides is 1. The fourth-order valence-corrected chi connectivity index (χ4v) is 4.85. The van der Waals surface area contributed by atoms with Crippen molar-refractivity contribution >= 4 is 23.5 Å². The lowest BCUT2D eigenvalue weighted by Gasteiger charge is -2.46. The standard InChI is InChI=1S/C28H28N6O/c1-3-20-17-30-18-31-26(20)34(29)25(21-12-6-4-7-13-21)27-32-23-16-10-11-19(2)24(23)28(35)33(27)22-14-8-5-9-15-22/h3-9,12-18,25,27,32H,1,10-11,29H2,2H3. The molecule has 3 aromatic rings. The first kappa shape index (κ1) is 22.6. The van der Waals surface area contributed by atoms with Gasteiger partial charge in [0.1, 0.15) is 18.5 Å². The van der Waals surface area contributed by atoms with Crippen LogP contribution < -0.4 is 21.1 Å². The largest absolute Gasteiger partial charge is 0.362 e. The third-order valence-electron chi connectivity index (χ3n) is 6.54. The van der Waals surface area contributed by atoms with Gasteiger partial charge in [0, 0.05) is 23.1 Å². The maximum Gasteiger partial charge on any atom is 0.262 e. The summed E-state index contributed by atoms with van der Waals surface area (Å²) in [6.07, 6.45) is 8.18. The molecule has 0 spiro atoms. The van der Waals surface area contributed by atoms with Crippen LogP contribution in [0.1, 0.15) is 36.9 Å². The van der Waals surface area contributed by atoms with Crippen molar-refractivity contribution in [3.8, 4) is 0 Å². The Bertz CT molecular complexity index is 1300. The molecule has 2 atom stereocenters. The fourth-order valence-electron chi connectivity index (χ4n) is 4.85. The van der Waals surface area contributed by atoms with E-state index < -0.39 is 12.2 Å². The molecular weight excluding hydrogens is 436 g/mol. The number of hydrogen-bond donors (Lipinski definition) is 2. The summed E-state index contributed by atoms with van der Waals surface area (Å²) in [5, 5.41) is 5.28. The Morgan fingerprint density at radius 3 is 2.60 bits per heavy atom. The zero-order chi connectivity index (χ0) is 24.4. The van der Waals surface area contributed by atoms with Crippen LogP contribution in [0.4, 0.5) is 11.5 Å². The maximum absolute atomic E-state index is 14.1. The quantitative estimate of drug-likeness (QED) is 0.413. The van der Waals surface area contributed by atoms with Crippen molar-refractivity contribution < 1.29 is 4.79 Å². The Morgan fingerprint density at radius 1 is 1.17 bits per heavy atom. The van der Waals surface area contributed by atoms with Gasteiger partial charge in [-0.1, -0.05) is 72.8 Å². The molecule has 176 valence electrons. The molecule has 7 nitrogen and oxygen atoms in total. The molecule has 0 bridgehead atoms. The minimum Gasteiger partial charge on any atom is -0.362 e. The van der Waals surface area contributed by atoms with Crippen LogP contribution in [0.15, 0.2) is 103 Å². The Kier molecular flexibility index (Phi) is 6.16. The van der Waals surface area contributed by atoms with E-state index in [1.807, 2.05) is 72.5 Å². The average Bonchev–Trinajstić information content (AvgIpc) is 2.90. The summed E-state index contributed by atoms with van der Waals surface area (Å²) >= 11 is 0. The first-order valence-electron chi connectivity index (χ1n) is 11.7. The van der Waals surface area contributed by atoms with Crippen LogP contribution in [0.5, 0.6) is 0 Å². The van der Waals surface area contributed by atoms with Crippen molar-refractivity contribution in [3.05, 3.63) is 114 Å². The van der Waals surface area contributed by atoms with E-state index in [4.69, 9.17) is 5.84 Å². The van der Waals surface area contributed by atoms with E-state index >= 15 is 0 Å². The summed E-state index contributed by atoms with van der Waals surface area (Å²) in [5.74, 6) is 7.34. The highest BCUT2D eigenvalue weighted by molar-refractivity contribution is 6.11. The third kappa shape index (κ3) is 4.11. The molecule has 0 radical (unpaired) electrons. The van der Waals surface area contributed by atoms with Gasteiger partial charge < -0.3 is 5.32 Å². The number of benzene rings is 2. The van der Waals surface area contributed by atoms with E-state index in [2.05, 4.69) is 27.9 Å². The van der Waals surface area contributed by atoms with Gasteiger partial charge in [-0.3, -0.25) is 14.7 Å². The summed E-state index contributed by atoms with van der Waals surface area (Å²) in [5.41, 5.74) is 5.12. The normalized spacial score (nSPS) is 18.3. The monoisotopic (exact) mass is 464 g/mol. The van der Waals surface area contributed by atoms with Gasteiger partial charge in [0.2, 0.25) is 0 Å². The van der Waals surface area contributed by atoms with Crippen LogP contribution in [0.2, 0.25) is 0 Å². The number of nitrogens with two attached hydrogens (primary N) is 1. The molecule has 1 aliphatic carbocycles. The molecule has 1 fully saturated rings. The number of allylic oxidation sites excluding steroid dienone is 2. The SMILES string of the molecule is C=Cc1cncnc1N(N)C(c1ccccc1)C1NC2=CCCC(C)=C2C(=O)N1c1ccccc1. The van der Waals surface area contributed by atoms with Crippen LogP contribution in [0.3, 0.4) is 0 Å². The van der Waals surface area contributed by atoms with Crippen molar-refractivity contribution in [2.24, 2.45) is 5.84 Å². The Labute approximate surface area is 205 Å². The highest BCUT2D eigenvalue weighted by Crippen LogP contribution is 2.38. The average molecular weight is 465 g/mol. The molecule has 2 unspecified atom stereocenters. The number of nitrogens with zero attached hydrogens (tertiary/aromatic N) is 4. The number of hydrazine groups is 1. The van der Waals surface area contributed by atoms with Crippen molar-refractivity contribution in [1.82, 2.24) is 15.3 Å². The molecule has 2 heterocycles. The lowest BCUT2D eigenvalue weighted by atomic mass is 9.90. The van der Waals surface area contributed by atoms with E-state index in [1.54, 1.807) is 17.3 Å². The maximum atomic E-state index is 14.1. The Morgan fingerprint density at radius 2 is 1.89 bits per heavy atom. The summed E-state index contributed by atoms with van der Waals surface area (Å²) in [7, 11) is 0. The number of rotatable bonds is 6. The van der Waals surface area contributed by atoms with E-state index in [-0.39, 0.29) is 5.91 Å². The minimum absolute atomic E-state index is 0.0376. The smallest absolute Gasteiger partial charge is 0.262 e. The molecule has 2 aliphatic rings. The number of fused-ring (bicyclic) bond motifs is 1. The molecule has 1 saturated heterocycles. The van der Waals surface area contributed by atoms with E-state index in [1.165, 1.54) is 6.33 Å². The lowest BCUT2D eigenvalue weighted by molar-refractivity contribution is -0.116. The summed E-state index contributed by atoms with van der Waals surface area (Å²) in [6, 6.07) is 19.2. The number of carbonyl (C=O) groups excluding carboxylic acids is 1. The van der Waals surface area contributed by atoms with Crippen molar-refractivity contribution in [1.29, 1.82) is 0 Å². The van der Waals surface area contributed by atoms with Crippen LogP contribution in [-0.4, -0.2) is 22.0 Å². The molecule has 2 aromatic carbocycles. The first-order valence-corrected chi connectivity index (χ1v) is 11.7. The van der Waals surface area contributed by atoms with Gasteiger partial charge in [-0.15, -0.1) is 0 Å². The number of carbonyl (C=O) groups is 1. The molecule has 1 amide bonds. The summed E-state index contributed by atoms with van der Waals surface area (Å²) in [4.78, 5) is 24.5. The lowest BCUT2D eigenvalue weighted by Crippen LogP contribution is -2.62. The number of anilines is 2. The predicted octanol–water partition coefficient (Wildman–Crippen LogP) is 4.50. The van der Waals surface area contributed by atoms with Gasteiger partial charge in [-0.2, -0.15) is 0 Å². The van der Waals surface area contributed by atoms with E-state index in [0.717, 1.165) is 40.9 Å². The van der Waals surface area contributed by atoms with Crippen molar-refractivity contribution in [2.45, 2.75) is 32.0 Å². The second-order valence-corrected chi connectivity index (χ2v) is 8.68. The van der Waals surface area contributed by atoms with Gasteiger partial charge in [0.25, 0.3) is 5.91 Å². The third-order valence-corrected chi connectivity index (χ3v) is 6.54. The number of nitrogens with one attached hydrogen (secondary N) is 1. The van der Waals surface area contributed by atoms with Gasteiger partial charge in [0.05, 0.1) is 5.57 Å². The minimum atomic E-state index is -0.508. The zero-order valence-corrected chi connectivity index (χ0v) is 19.6. The molecule has 3 N–H and O–H groups in total. The van der Waals surface area contributed by atoms with Crippen LogP contribution in [0, 0.1) is 0 Å². The second-order valence-electron chi connectivity index (χ2n) is 8.68. The Hall–Kier alpha value is -4.23. The number of hydrogen-bond acceptors (Lipinski definition) is 6. The fraction of sp³-hybridized carbons (Fsp3) is 0.179. The van der Waals surface area contributed by atoms with E-state index in [0.29, 0.717) is 11.4 Å². The predicted molar refractivity (Wildman–Crippen MR) is 139 cm³/mol. The Balaban J connectivity index is 1.70. The molecule has 35 heavy (non-hydrogen) atoms. The van der Waals surface area contributed by atoms with E-state index in [9.17, 15) is 4.79 Å².